The summed E-state index contributed by atoms with van der Waals surface area (Å²) in [5.74, 6) is 0.683. The number of nitrogens with two attached hydrogens (primary N) is 1. The van der Waals surface area contributed by atoms with Crippen molar-refractivity contribution in [3.05, 3.63) is 11.8 Å². The summed E-state index contributed by atoms with van der Waals surface area (Å²) in [6.07, 6.45) is -3.15. The number of aliphatic hydroxyl groups is 3. The molecule has 1 unspecified atom stereocenters. The Morgan fingerprint density at radius 1 is 1.18 bits per heavy atom. The van der Waals surface area contributed by atoms with Crippen LogP contribution in [0.15, 0.2) is 11.8 Å². The van der Waals surface area contributed by atoms with E-state index in [9.17, 15) is 20.1 Å². The zero-order valence-corrected chi connectivity index (χ0v) is 24.5. The third-order valence-corrected chi connectivity index (χ3v) is 7.74. The van der Waals surface area contributed by atoms with Crippen LogP contribution >= 0.6 is 0 Å². The second kappa shape index (κ2) is 12.6. The maximum atomic E-state index is 12.8. The van der Waals surface area contributed by atoms with Crippen LogP contribution in [0.4, 0.5) is 4.79 Å². The van der Waals surface area contributed by atoms with Gasteiger partial charge in [0.15, 0.2) is 6.29 Å². The molecular weight excluding hydrogens is 510 g/mol. The fourth-order valence-corrected chi connectivity index (χ4v) is 5.61. The average molecular weight is 560 g/mol. The monoisotopic (exact) mass is 559 g/mol. The molecule has 1 saturated carbocycles. The van der Waals surface area contributed by atoms with E-state index < -0.39 is 60.3 Å². The molecule has 2 heterocycles. The summed E-state index contributed by atoms with van der Waals surface area (Å²) in [6.45, 7) is 10.7. The van der Waals surface area contributed by atoms with Crippen molar-refractivity contribution in [3.8, 4) is 0 Å². The average Bonchev–Trinajstić information content (AvgIpc) is 2.84. The SMILES string of the molecule is CN[C@@H]1C[C@H](C)C(O[C@H]2OC(CN)=CC[C@H]2C)[C@H](O)[C@H]1O[C@H]1OC[C@](C)(O)[C@H](N(C)C(=O)OC(C)(C)C)[C@H]1O. The zero-order valence-electron chi connectivity index (χ0n) is 24.5. The minimum atomic E-state index is -1.58. The highest BCUT2D eigenvalue weighted by Crippen LogP contribution is 2.36. The van der Waals surface area contributed by atoms with Gasteiger partial charge in [-0.25, -0.2) is 4.79 Å². The van der Waals surface area contributed by atoms with E-state index in [4.69, 9.17) is 29.4 Å². The van der Waals surface area contributed by atoms with Crippen molar-refractivity contribution in [2.45, 2.75) is 115 Å². The topological polar surface area (TPSA) is 165 Å². The van der Waals surface area contributed by atoms with Gasteiger partial charge in [0.2, 0.25) is 6.29 Å². The van der Waals surface area contributed by atoms with E-state index in [1.165, 1.54) is 18.9 Å². The predicted octanol–water partition coefficient (Wildman–Crippen LogP) is 0.674. The molecule has 0 aromatic rings. The largest absolute Gasteiger partial charge is 0.468 e. The maximum Gasteiger partial charge on any atom is 0.410 e. The molecule has 11 atom stereocenters. The molecule has 226 valence electrons. The summed E-state index contributed by atoms with van der Waals surface area (Å²) in [4.78, 5) is 14.0. The van der Waals surface area contributed by atoms with Crippen LogP contribution in [-0.2, 0) is 23.7 Å². The number of nitrogens with zero attached hydrogens (tertiary/aromatic N) is 1. The van der Waals surface area contributed by atoms with Crippen LogP contribution in [-0.4, -0.2) is 114 Å². The lowest BCUT2D eigenvalue weighted by molar-refractivity contribution is -0.313. The molecule has 2 fully saturated rings. The second-order valence-corrected chi connectivity index (χ2v) is 12.4. The maximum absolute atomic E-state index is 12.8. The summed E-state index contributed by atoms with van der Waals surface area (Å²) in [5.41, 5.74) is 3.42. The fourth-order valence-electron chi connectivity index (χ4n) is 5.61. The molecule has 0 bridgehead atoms. The van der Waals surface area contributed by atoms with Crippen LogP contribution in [0.5, 0.6) is 0 Å². The molecule has 0 aromatic heterocycles. The van der Waals surface area contributed by atoms with Gasteiger partial charge in [-0.15, -0.1) is 0 Å². The lowest BCUT2D eigenvalue weighted by Gasteiger charge is -2.50. The van der Waals surface area contributed by atoms with Crippen LogP contribution in [0.3, 0.4) is 0 Å². The first-order chi connectivity index (χ1) is 18.1. The van der Waals surface area contributed by atoms with E-state index in [0.717, 1.165) is 6.42 Å². The quantitative estimate of drug-likeness (QED) is 0.298. The third kappa shape index (κ3) is 7.42. The molecule has 3 rings (SSSR count). The molecule has 0 spiro atoms. The van der Waals surface area contributed by atoms with Crippen LogP contribution in [0.2, 0.25) is 0 Å². The number of likely N-dealkylation sites (N-methyl/N-ethyl adjacent to an activating group) is 2. The number of amides is 1. The molecule has 12 nitrogen and oxygen atoms in total. The number of ether oxygens (including phenoxy) is 5. The Morgan fingerprint density at radius 2 is 1.82 bits per heavy atom. The van der Waals surface area contributed by atoms with Gasteiger partial charge in [-0.05, 0) is 59.6 Å². The minimum absolute atomic E-state index is 0.0377. The normalized spacial score (nSPS) is 41.4. The van der Waals surface area contributed by atoms with Gasteiger partial charge < -0.3 is 55.0 Å². The smallest absolute Gasteiger partial charge is 0.410 e. The van der Waals surface area contributed by atoms with Crippen molar-refractivity contribution in [1.82, 2.24) is 10.2 Å². The van der Waals surface area contributed by atoms with Gasteiger partial charge in [-0.2, -0.15) is 0 Å². The first-order valence-corrected chi connectivity index (χ1v) is 13.8. The molecule has 12 heteroatoms. The molecule has 1 saturated heterocycles. The first kappa shape index (κ1) is 32.0. The summed E-state index contributed by atoms with van der Waals surface area (Å²) in [7, 11) is 3.22. The number of nitrogens with one attached hydrogen (secondary N) is 1. The van der Waals surface area contributed by atoms with Gasteiger partial charge in [0.05, 0.1) is 25.3 Å². The van der Waals surface area contributed by atoms with E-state index in [-0.39, 0.29) is 31.0 Å². The van der Waals surface area contributed by atoms with Gasteiger partial charge in [-0.1, -0.05) is 13.8 Å². The lowest BCUT2D eigenvalue weighted by atomic mass is 9.80. The van der Waals surface area contributed by atoms with E-state index in [2.05, 4.69) is 5.32 Å². The number of hydrogen-bond donors (Lipinski definition) is 5. The highest BCUT2D eigenvalue weighted by molar-refractivity contribution is 5.68. The van der Waals surface area contributed by atoms with E-state index in [1.807, 2.05) is 19.9 Å². The van der Waals surface area contributed by atoms with E-state index >= 15 is 0 Å². The fraction of sp³-hybridized carbons (Fsp3) is 0.889. The second-order valence-electron chi connectivity index (χ2n) is 12.4. The van der Waals surface area contributed by atoms with Crippen LogP contribution in [0, 0.1) is 11.8 Å². The standard InChI is InChI=1S/C27H49N3O9/c1-14-9-10-16(12-28)36-23(14)37-20-15(2)11-17(29-7)21(18(20)31)38-24-19(32)22(27(6,34)13-35-24)30(8)25(33)39-26(3,4)5/h10,14-15,17-24,29,31-32,34H,9,11-13,28H2,1-8H3/t14-,15+,17-,18+,19-,20?,21+,22-,23-,24-,27+/m1/s1. The number of carbonyl (C=O) groups is 1. The van der Waals surface area contributed by atoms with Crippen molar-refractivity contribution in [2.75, 3.05) is 27.2 Å². The summed E-state index contributed by atoms with van der Waals surface area (Å²) in [5, 5.41) is 37.0. The molecule has 39 heavy (non-hydrogen) atoms. The van der Waals surface area contributed by atoms with Gasteiger partial charge in [-0.3, -0.25) is 0 Å². The number of rotatable bonds is 7. The summed E-state index contributed by atoms with van der Waals surface area (Å²) in [6, 6.07) is -1.37. The van der Waals surface area contributed by atoms with Crippen LogP contribution < -0.4 is 11.1 Å². The number of carbonyl (C=O) groups excluding carboxylic acids is 1. The van der Waals surface area contributed by atoms with Crippen LogP contribution in [0.1, 0.15) is 54.4 Å². The molecular formula is C27H49N3O9. The first-order valence-electron chi connectivity index (χ1n) is 13.8. The highest BCUT2D eigenvalue weighted by Gasteiger charge is 2.53. The molecule has 0 radical (unpaired) electrons. The Morgan fingerprint density at radius 3 is 2.41 bits per heavy atom. The molecule has 0 aromatic carbocycles. The van der Waals surface area contributed by atoms with Gasteiger partial charge in [0.25, 0.3) is 0 Å². The van der Waals surface area contributed by atoms with Crippen molar-refractivity contribution in [1.29, 1.82) is 0 Å². The number of hydrogen-bond acceptors (Lipinski definition) is 11. The summed E-state index contributed by atoms with van der Waals surface area (Å²) >= 11 is 0. The number of aliphatic hydroxyl groups excluding tert-OH is 2. The summed E-state index contributed by atoms with van der Waals surface area (Å²) < 4.78 is 29.7. The Bertz CT molecular complexity index is 864. The van der Waals surface area contributed by atoms with Crippen LogP contribution in [0.25, 0.3) is 0 Å². The lowest BCUT2D eigenvalue weighted by Crippen LogP contribution is -2.68. The van der Waals surface area contributed by atoms with Gasteiger partial charge in [0.1, 0.15) is 35.3 Å². The highest BCUT2D eigenvalue weighted by atomic mass is 16.7. The minimum Gasteiger partial charge on any atom is -0.468 e. The molecule has 1 amide bonds. The van der Waals surface area contributed by atoms with Gasteiger partial charge in [0, 0.05) is 19.0 Å². The predicted molar refractivity (Wildman–Crippen MR) is 142 cm³/mol. The Balaban J connectivity index is 1.77. The third-order valence-electron chi connectivity index (χ3n) is 7.74. The van der Waals surface area contributed by atoms with E-state index in [0.29, 0.717) is 12.2 Å². The molecule has 2 aliphatic heterocycles. The van der Waals surface area contributed by atoms with Crippen molar-refractivity contribution in [2.24, 2.45) is 17.6 Å². The molecule has 3 aliphatic rings. The molecule has 6 N–H and O–H groups in total. The number of allylic oxidation sites excluding steroid dienone is 1. The van der Waals surface area contributed by atoms with Crippen molar-refractivity contribution < 1.29 is 43.8 Å². The Kier molecular flexibility index (Phi) is 10.3. The van der Waals surface area contributed by atoms with Crippen molar-refractivity contribution >= 4 is 6.09 Å². The Hall–Kier alpha value is -1.51. The van der Waals surface area contributed by atoms with E-state index in [1.54, 1.807) is 27.8 Å². The zero-order chi connectivity index (χ0) is 29.3. The Labute approximate surface area is 231 Å². The molecule has 1 aliphatic carbocycles. The van der Waals surface area contributed by atoms with Gasteiger partial charge >= 0.3 is 6.09 Å². The van der Waals surface area contributed by atoms with Crippen molar-refractivity contribution in [3.63, 3.8) is 0 Å².